The van der Waals surface area contributed by atoms with Gasteiger partial charge in [0.15, 0.2) is 0 Å². The number of carbonyl (C=O) groups excluding carboxylic acids is 1. The number of halogens is 3. The number of alkyl halides is 3. The first-order chi connectivity index (χ1) is 18.3. The van der Waals surface area contributed by atoms with E-state index in [0.717, 1.165) is 39.7 Å². The molecule has 0 aliphatic rings. The second kappa shape index (κ2) is 10.6. The van der Waals surface area contributed by atoms with Crippen molar-refractivity contribution in [1.29, 1.82) is 0 Å². The molecule has 192 valence electrons. The Morgan fingerprint density at radius 2 is 1.37 bits per heavy atom. The summed E-state index contributed by atoms with van der Waals surface area (Å²) in [6, 6.07) is 31.9. The van der Waals surface area contributed by atoms with Crippen LogP contribution in [0.3, 0.4) is 0 Å². The van der Waals surface area contributed by atoms with Gasteiger partial charge in [0.05, 0.1) is 11.6 Å². The zero-order valence-electron chi connectivity index (χ0n) is 20.8. The molecule has 0 aliphatic heterocycles. The van der Waals surface area contributed by atoms with Gasteiger partial charge in [-0.2, -0.15) is 13.2 Å². The summed E-state index contributed by atoms with van der Waals surface area (Å²) in [6.07, 6.45) is -2.58. The standard InChI is InChI=1S/C32H27F3N2O/c1-37-21-28(26-17-8-9-18-29(26)37)27(24-15-10-16-25(19-24)32(33,34)35)20-30(38)36-31(22-11-4-2-5-12-22)23-13-6-3-7-14-23/h2-19,21,27,31H,20H2,1H3,(H,36,38). The second-order valence-corrected chi connectivity index (χ2v) is 9.41. The van der Waals surface area contributed by atoms with Crippen LogP contribution in [-0.2, 0) is 18.0 Å². The average Bonchev–Trinajstić information content (AvgIpc) is 3.27. The molecule has 1 N–H and O–H groups in total. The molecule has 1 amide bonds. The Hall–Kier alpha value is -4.32. The van der Waals surface area contributed by atoms with Crippen LogP contribution in [0, 0.1) is 0 Å². The van der Waals surface area contributed by atoms with E-state index >= 15 is 0 Å². The first-order valence-corrected chi connectivity index (χ1v) is 12.4. The van der Waals surface area contributed by atoms with Crippen LogP contribution in [0.2, 0.25) is 0 Å². The van der Waals surface area contributed by atoms with Crippen LogP contribution in [-0.4, -0.2) is 10.5 Å². The minimum absolute atomic E-state index is 0.00845. The maximum atomic E-state index is 13.6. The number of hydrogen-bond donors (Lipinski definition) is 1. The monoisotopic (exact) mass is 512 g/mol. The molecule has 1 atom stereocenters. The van der Waals surface area contributed by atoms with E-state index in [9.17, 15) is 18.0 Å². The number of rotatable bonds is 7. The zero-order valence-corrected chi connectivity index (χ0v) is 20.8. The molecule has 3 nitrogen and oxygen atoms in total. The van der Waals surface area contributed by atoms with E-state index in [2.05, 4.69) is 5.32 Å². The smallest absolute Gasteiger partial charge is 0.350 e. The van der Waals surface area contributed by atoms with Gasteiger partial charge < -0.3 is 9.88 Å². The molecule has 1 unspecified atom stereocenters. The van der Waals surface area contributed by atoms with E-state index in [0.29, 0.717) is 5.56 Å². The van der Waals surface area contributed by atoms with Crippen LogP contribution >= 0.6 is 0 Å². The molecule has 5 aromatic rings. The van der Waals surface area contributed by atoms with E-state index in [1.807, 2.05) is 103 Å². The minimum atomic E-state index is -4.48. The predicted octanol–water partition coefficient (Wildman–Crippen LogP) is 7.62. The Morgan fingerprint density at radius 3 is 2.00 bits per heavy atom. The lowest BCUT2D eigenvalue weighted by atomic mass is 9.86. The molecule has 6 heteroatoms. The molecular formula is C32H27F3N2O. The Labute approximate surface area is 219 Å². The van der Waals surface area contributed by atoms with E-state index < -0.39 is 17.7 Å². The number of aromatic nitrogens is 1. The van der Waals surface area contributed by atoms with Crippen molar-refractivity contribution >= 4 is 16.8 Å². The van der Waals surface area contributed by atoms with Gasteiger partial charge in [-0.15, -0.1) is 0 Å². The molecule has 0 radical (unpaired) electrons. The van der Waals surface area contributed by atoms with Gasteiger partial charge in [0.2, 0.25) is 5.91 Å². The zero-order chi connectivity index (χ0) is 26.7. The van der Waals surface area contributed by atoms with E-state index in [1.54, 1.807) is 6.07 Å². The number of carbonyl (C=O) groups is 1. The van der Waals surface area contributed by atoms with E-state index in [1.165, 1.54) is 6.07 Å². The third-order valence-electron chi connectivity index (χ3n) is 6.88. The lowest BCUT2D eigenvalue weighted by Gasteiger charge is -2.23. The van der Waals surface area contributed by atoms with Crippen LogP contribution in [0.15, 0.2) is 115 Å². The van der Waals surface area contributed by atoms with Crippen molar-refractivity contribution in [1.82, 2.24) is 9.88 Å². The van der Waals surface area contributed by atoms with Crippen molar-refractivity contribution in [3.05, 3.63) is 143 Å². The minimum Gasteiger partial charge on any atom is -0.350 e. The maximum absolute atomic E-state index is 13.6. The summed E-state index contributed by atoms with van der Waals surface area (Å²) in [5.74, 6) is -0.825. The molecule has 38 heavy (non-hydrogen) atoms. The molecule has 5 rings (SSSR count). The molecule has 4 aromatic carbocycles. The largest absolute Gasteiger partial charge is 0.416 e. The molecule has 0 saturated carbocycles. The van der Waals surface area contributed by atoms with E-state index in [-0.39, 0.29) is 18.4 Å². The fourth-order valence-electron chi connectivity index (χ4n) is 5.05. The highest BCUT2D eigenvalue weighted by molar-refractivity contribution is 5.86. The third kappa shape index (κ3) is 5.35. The molecule has 0 spiro atoms. The topological polar surface area (TPSA) is 34.0 Å². The highest BCUT2D eigenvalue weighted by atomic mass is 19.4. The molecule has 1 heterocycles. The van der Waals surface area contributed by atoms with Gasteiger partial charge in [-0.25, -0.2) is 0 Å². The van der Waals surface area contributed by atoms with Crippen molar-refractivity contribution in [3.8, 4) is 0 Å². The van der Waals surface area contributed by atoms with Crippen molar-refractivity contribution in [2.75, 3.05) is 0 Å². The van der Waals surface area contributed by atoms with Crippen LogP contribution in [0.1, 0.15) is 46.2 Å². The Balaban J connectivity index is 1.54. The molecule has 0 saturated heterocycles. The van der Waals surface area contributed by atoms with Crippen molar-refractivity contribution in [2.24, 2.45) is 7.05 Å². The number of amides is 1. The molecule has 0 bridgehead atoms. The normalized spacial score (nSPS) is 12.6. The molecule has 0 fully saturated rings. The van der Waals surface area contributed by atoms with Gasteiger partial charge in [-0.1, -0.05) is 97.1 Å². The van der Waals surface area contributed by atoms with Gasteiger partial charge in [-0.3, -0.25) is 4.79 Å². The third-order valence-corrected chi connectivity index (χ3v) is 6.88. The fourth-order valence-corrected chi connectivity index (χ4v) is 5.05. The fraction of sp³-hybridized carbons (Fsp3) is 0.156. The number of para-hydroxylation sites is 1. The van der Waals surface area contributed by atoms with Crippen molar-refractivity contribution in [3.63, 3.8) is 0 Å². The van der Waals surface area contributed by atoms with Gasteiger partial charge in [0, 0.05) is 36.5 Å². The quantitative estimate of drug-likeness (QED) is 0.239. The molecule has 0 aliphatic carbocycles. The Bertz CT molecular complexity index is 1500. The first kappa shape index (κ1) is 25.3. The lowest BCUT2D eigenvalue weighted by molar-refractivity contribution is -0.137. The summed E-state index contributed by atoms with van der Waals surface area (Å²) in [7, 11) is 1.90. The number of fused-ring (bicyclic) bond motifs is 1. The first-order valence-electron chi connectivity index (χ1n) is 12.4. The predicted molar refractivity (Wildman–Crippen MR) is 144 cm³/mol. The molecule has 1 aromatic heterocycles. The summed E-state index contributed by atoms with van der Waals surface area (Å²) in [6.45, 7) is 0. The van der Waals surface area contributed by atoms with Crippen molar-refractivity contribution < 1.29 is 18.0 Å². The second-order valence-electron chi connectivity index (χ2n) is 9.41. The highest BCUT2D eigenvalue weighted by Crippen LogP contribution is 2.37. The van der Waals surface area contributed by atoms with Crippen molar-refractivity contribution in [2.45, 2.75) is 24.6 Å². The summed E-state index contributed by atoms with van der Waals surface area (Å²) < 4.78 is 42.8. The van der Waals surface area contributed by atoms with Gasteiger partial charge in [0.1, 0.15) is 0 Å². The summed E-state index contributed by atoms with van der Waals surface area (Å²) in [5.41, 5.74) is 3.33. The van der Waals surface area contributed by atoms with Crippen LogP contribution < -0.4 is 5.32 Å². The number of aryl methyl sites for hydroxylation is 1. The average molecular weight is 513 g/mol. The van der Waals surface area contributed by atoms with Crippen LogP contribution in [0.5, 0.6) is 0 Å². The number of nitrogens with zero attached hydrogens (tertiary/aromatic N) is 1. The number of benzene rings is 4. The Morgan fingerprint density at radius 1 is 0.789 bits per heavy atom. The Kier molecular flexibility index (Phi) is 7.05. The summed E-state index contributed by atoms with van der Waals surface area (Å²) >= 11 is 0. The van der Waals surface area contributed by atoms with Gasteiger partial charge in [-0.05, 0) is 34.4 Å². The number of nitrogens with one attached hydrogen (secondary N) is 1. The maximum Gasteiger partial charge on any atom is 0.416 e. The summed E-state index contributed by atoms with van der Waals surface area (Å²) in [5, 5.41) is 4.06. The van der Waals surface area contributed by atoms with Crippen LogP contribution in [0.25, 0.3) is 10.9 Å². The number of hydrogen-bond acceptors (Lipinski definition) is 1. The summed E-state index contributed by atoms with van der Waals surface area (Å²) in [4.78, 5) is 13.6. The lowest BCUT2D eigenvalue weighted by Crippen LogP contribution is -2.30. The van der Waals surface area contributed by atoms with E-state index in [4.69, 9.17) is 0 Å². The van der Waals surface area contributed by atoms with Gasteiger partial charge >= 0.3 is 6.18 Å². The van der Waals surface area contributed by atoms with Gasteiger partial charge in [0.25, 0.3) is 0 Å². The molecular weight excluding hydrogens is 485 g/mol. The highest BCUT2D eigenvalue weighted by Gasteiger charge is 2.32. The SMILES string of the molecule is Cn1cc(C(CC(=O)NC(c2ccccc2)c2ccccc2)c2cccc(C(F)(F)F)c2)c2ccccc21. The van der Waals surface area contributed by atoms with Crippen LogP contribution in [0.4, 0.5) is 13.2 Å².